The number of rotatable bonds is 26. The number of nitro groups is 1. The van der Waals surface area contributed by atoms with Crippen LogP contribution in [-0.2, 0) is 40.1 Å². The maximum Gasteiger partial charge on any atom is 0.514 e. The van der Waals surface area contributed by atoms with Gasteiger partial charge in [-0.3, -0.25) is 34.1 Å². The minimum Gasteiger partial charge on any atom is -0.429 e. The molecule has 0 aliphatic heterocycles. The summed E-state index contributed by atoms with van der Waals surface area (Å²) in [6, 6.07) is 8.60. The molecule has 0 spiro atoms. The Labute approximate surface area is 449 Å². The fourth-order valence-electron chi connectivity index (χ4n) is 13.3. The first-order valence-corrected chi connectivity index (χ1v) is 28.0. The van der Waals surface area contributed by atoms with Gasteiger partial charge in [-0.1, -0.05) is 98.4 Å². The Morgan fingerprint density at radius 3 is 2.18 bits per heavy atom. The molecule has 2 aromatic rings. The van der Waals surface area contributed by atoms with Gasteiger partial charge in [0.05, 0.1) is 16.9 Å². The molecule has 0 unspecified atom stereocenters. The quantitative estimate of drug-likeness (QED) is 0.0148. The van der Waals surface area contributed by atoms with Gasteiger partial charge in [0.2, 0.25) is 29.5 Å². The summed E-state index contributed by atoms with van der Waals surface area (Å²) < 4.78 is 16.6. The van der Waals surface area contributed by atoms with Crippen molar-refractivity contribution >= 4 is 47.1 Å². The molecule has 3 saturated carbocycles. The highest BCUT2D eigenvalue weighted by Crippen LogP contribution is 2.67. The first-order valence-electron chi connectivity index (χ1n) is 28.0. The first-order chi connectivity index (χ1) is 36.1. The molecule has 76 heavy (non-hydrogen) atoms. The van der Waals surface area contributed by atoms with Crippen molar-refractivity contribution in [3.63, 3.8) is 0 Å². The van der Waals surface area contributed by atoms with Gasteiger partial charge in [-0.25, -0.2) is 4.79 Å². The zero-order valence-electron chi connectivity index (χ0n) is 46.3. The normalized spacial score (nSPS) is 25.3. The molecule has 6 rings (SSSR count). The third-order valence-electron chi connectivity index (χ3n) is 17.6. The van der Waals surface area contributed by atoms with Gasteiger partial charge in [-0.2, -0.15) is 0 Å². The molecule has 17 nitrogen and oxygen atoms in total. The summed E-state index contributed by atoms with van der Waals surface area (Å²) in [4.78, 5) is 88.1. The Bertz CT molecular complexity index is 2370. The van der Waals surface area contributed by atoms with E-state index in [1.54, 1.807) is 17.7 Å². The van der Waals surface area contributed by atoms with E-state index in [2.05, 4.69) is 62.0 Å². The van der Waals surface area contributed by atoms with E-state index in [-0.39, 0.29) is 60.7 Å². The number of primary amides is 1. The number of benzene rings is 2. The summed E-state index contributed by atoms with van der Waals surface area (Å²) >= 11 is 0. The minimum atomic E-state index is -1.41. The highest BCUT2D eigenvalue weighted by molar-refractivity contribution is 6.01. The van der Waals surface area contributed by atoms with E-state index in [0.29, 0.717) is 36.2 Å². The average Bonchev–Trinajstić information content (AvgIpc) is 3.75. The monoisotopic (exact) mass is 1050 g/mol. The second-order valence-corrected chi connectivity index (χ2v) is 23.7. The molecule has 418 valence electrons. The van der Waals surface area contributed by atoms with Gasteiger partial charge in [0, 0.05) is 43.8 Å². The molecule has 0 bridgehead atoms. The molecular weight excluding hydrogens is 969 g/mol. The molecule has 2 aromatic carbocycles. The Balaban J connectivity index is 0.898. The Morgan fingerprint density at radius 2 is 1.51 bits per heavy atom. The van der Waals surface area contributed by atoms with Crippen molar-refractivity contribution in [2.75, 3.05) is 18.5 Å². The summed E-state index contributed by atoms with van der Waals surface area (Å²) in [6.07, 6.45) is 16.4. The van der Waals surface area contributed by atoms with Gasteiger partial charge in [0.1, 0.15) is 24.4 Å². The van der Waals surface area contributed by atoms with Gasteiger partial charge in [0.15, 0.2) is 0 Å². The number of nitrogens with zero attached hydrogens (tertiary/aromatic N) is 1. The molecule has 4 aliphatic carbocycles. The molecule has 6 N–H and O–H groups in total. The highest BCUT2D eigenvalue weighted by Gasteiger charge is 2.59. The third kappa shape index (κ3) is 15.6. The van der Waals surface area contributed by atoms with Crippen molar-refractivity contribution in [3.05, 3.63) is 75.9 Å². The lowest BCUT2D eigenvalue weighted by molar-refractivity contribution is -0.384. The summed E-state index contributed by atoms with van der Waals surface area (Å²) in [7, 11) is 0. The van der Waals surface area contributed by atoms with Gasteiger partial charge in [0.25, 0.3) is 5.69 Å². The number of amides is 5. The number of nitrogens with one attached hydrogen (secondary N) is 4. The van der Waals surface area contributed by atoms with Crippen LogP contribution in [-0.4, -0.2) is 72.0 Å². The van der Waals surface area contributed by atoms with Crippen LogP contribution in [0.5, 0.6) is 5.75 Å². The Kier molecular flexibility index (Phi) is 21.1. The van der Waals surface area contributed by atoms with Crippen molar-refractivity contribution in [1.82, 2.24) is 16.0 Å². The van der Waals surface area contributed by atoms with Crippen LogP contribution < -0.4 is 31.7 Å². The van der Waals surface area contributed by atoms with Crippen LogP contribution in [0.4, 0.5) is 16.2 Å². The number of carbonyl (C=O) groups excluding carboxylic acids is 6. The van der Waals surface area contributed by atoms with Crippen molar-refractivity contribution in [2.45, 2.75) is 176 Å². The number of hydrogen-bond donors (Lipinski definition) is 5. The van der Waals surface area contributed by atoms with Crippen molar-refractivity contribution in [2.24, 2.45) is 63.9 Å². The molecule has 0 radical (unpaired) electrons. The number of fused-ring (bicyclic) bond motifs is 5. The van der Waals surface area contributed by atoms with E-state index in [4.69, 9.17) is 19.9 Å². The largest absolute Gasteiger partial charge is 0.514 e. The van der Waals surface area contributed by atoms with E-state index in [1.165, 1.54) is 101 Å². The number of nitro benzene ring substituents is 1. The fourth-order valence-corrected chi connectivity index (χ4v) is 13.3. The average molecular weight is 1060 g/mol. The fraction of sp³-hybridized carbons (Fsp3) is 0.661. The number of ether oxygens (including phenoxy) is 3. The number of nitrogens with two attached hydrogens (primary N) is 1. The topological polar surface area (TPSA) is 247 Å². The van der Waals surface area contributed by atoms with Crippen LogP contribution in [0.3, 0.4) is 0 Å². The first kappa shape index (κ1) is 59.4. The SMILES string of the molecule is CC(C)CCC[C@@H](C)[C@H]1CC[C@H]2[C@@H]3CC=C4C[C@@H](OCCCNC(=O)CCC(=O)N[C@@H](CC(C)C)C(=O)N[C@H](C(=O)Nc5ccc(COC(=O)Oc6ccc([N+](=O)[O-])cc6)cc5)[C@H](C)C(N)=O)CC[C@]4(C)[C@H]3CC[C@]12C. The van der Waals surface area contributed by atoms with Crippen LogP contribution in [0, 0.1) is 68.3 Å². The molecule has 0 heterocycles. The van der Waals surface area contributed by atoms with Gasteiger partial charge in [-0.15, -0.1) is 0 Å². The number of anilines is 1. The lowest BCUT2D eigenvalue weighted by Crippen LogP contribution is -2.56. The molecule has 17 heteroatoms. The van der Waals surface area contributed by atoms with E-state index in [1.807, 2.05) is 13.8 Å². The van der Waals surface area contributed by atoms with Crippen LogP contribution in [0.25, 0.3) is 0 Å². The zero-order valence-corrected chi connectivity index (χ0v) is 46.3. The predicted molar refractivity (Wildman–Crippen MR) is 290 cm³/mol. The number of allylic oxidation sites excluding steroid dienone is 1. The standard InChI is InChI=1S/C59H86N6O11/c1-36(2)11-9-12-38(5)47-23-24-48-46-22-15-41-34-45(27-29-58(41,7)49(46)28-30-59(47,48)8)74-32-10-31-61-51(66)25-26-52(67)63-50(33-37(3)4)55(69)64-53(39(6)54(60)68)56(70)62-42-16-13-40(14-17-42)35-75-57(71)76-44-20-18-43(19-21-44)65(72)73/h13-21,36-39,45-50,53H,9-12,22-35H2,1-8H3,(H2,60,68)(H,61,66)(H,62,70)(H,63,67)(H,64,69)/t38-,39+,45+,46+,47-,48+,49+,50+,53+,58+,59-/m1/s1. The minimum absolute atomic E-state index is 0.0503. The van der Waals surface area contributed by atoms with Crippen molar-refractivity contribution in [3.8, 4) is 5.75 Å². The molecule has 11 atom stereocenters. The second-order valence-electron chi connectivity index (χ2n) is 23.7. The molecule has 3 fully saturated rings. The summed E-state index contributed by atoms with van der Waals surface area (Å²) in [5.74, 6) is 0.629. The number of carbonyl (C=O) groups is 6. The van der Waals surface area contributed by atoms with Gasteiger partial charge in [-0.05, 0) is 146 Å². The van der Waals surface area contributed by atoms with E-state index >= 15 is 0 Å². The molecule has 0 saturated heterocycles. The smallest absolute Gasteiger partial charge is 0.429 e. The highest BCUT2D eigenvalue weighted by atomic mass is 16.7. The maximum absolute atomic E-state index is 13.7. The van der Waals surface area contributed by atoms with Crippen LogP contribution in [0.15, 0.2) is 60.2 Å². The van der Waals surface area contributed by atoms with Crippen LogP contribution in [0.2, 0.25) is 0 Å². The zero-order chi connectivity index (χ0) is 55.3. The maximum atomic E-state index is 13.7. The molecule has 0 aromatic heterocycles. The van der Waals surface area contributed by atoms with E-state index in [9.17, 15) is 38.9 Å². The Hall–Kier alpha value is -5.84. The van der Waals surface area contributed by atoms with E-state index < -0.39 is 52.7 Å². The lowest BCUT2D eigenvalue weighted by Gasteiger charge is -2.58. The summed E-state index contributed by atoms with van der Waals surface area (Å²) in [5, 5.41) is 21.8. The number of non-ortho nitro benzene ring substituents is 1. The van der Waals surface area contributed by atoms with Gasteiger partial charge < -0.3 is 41.2 Å². The van der Waals surface area contributed by atoms with E-state index in [0.717, 1.165) is 48.3 Å². The Morgan fingerprint density at radius 1 is 0.803 bits per heavy atom. The number of hydrogen-bond acceptors (Lipinski definition) is 11. The molecule has 5 amide bonds. The lowest BCUT2D eigenvalue weighted by atomic mass is 9.47. The second kappa shape index (κ2) is 27.0. The third-order valence-corrected chi connectivity index (χ3v) is 17.6. The van der Waals surface area contributed by atoms with Crippen LogP contribution in [0.1, 0.15) is 157 Å². The molecular formula is C59H86N6O11. The van der Waals surface area contributed by atoms with Crippen molar-refractivity contribution < 1.29 is 47.9 Å². The summed E-state index contributed by atoms with van der Waals surface area (Å²) in [5.41, 5.74) is 8.59. The summed E-state index contributed by atoms with van der Waals surface area (Å²) in [6.45, 7) is 18.4. The van der Waals surface area contributed by atoms with Gasteiger partial charge >= 0.3 is 6.16 Å². The van der Waals surface area contributed by atoms with Crippen molar-refractivity contribution in [1.29, 1.82) is 0 Å². The van der Waals surface area contributed by atoms with Crippen LogP contribution >= 0.6 is 0 Å². The predicted octanol–water partition coefficient (Wildman–Crippen LogP) is 10.1. The molecule has 4 aliphatic rings.